The Hall–Kier alpha value is -1.22. The molecule has 2 aliphatic heterocycles. The van der Waals surface area contributed by atoms with Gasteiger partial charge in [0.2, 0.25) is 0 Å². The van der Waals surface area contributed by atoms with Gasteiger partial charge >= 0.3 is 0 Å². The maximum atomic E-state index is 10.3. The highest BCUT2D eigenvalue weighted by atomic mass is 127. The third-order valence-corrected chi connectivity index (χ3v) is 5.59. The van der Waals surface area contributed by atoms with Crippen LogP contribution < -0.4 is 10.1 Å². The molecule has 7 heteroatoms. The van der Waals surface area contributed by atoms with Crippen molar-refractivity contribution >= 4 is 29.9 Å². The molecule has 1 atom stereocenters. The van der Waals surface area contributed by atoms with Crippen molar-refractivity contribution in [2.24, 2.45) is 10.9 Å². The van der Waals surface area contributed by atoms with Gasteiger partial charge in [-0.05, 0) is 51.3 Å². The Morgan fingerprint density at radius 3 is 2.75 bits per heavy atom. The molecule has 6 nitrogen and oxygen atoms in total. The normalized spacial score (nSPS) is 20.7. The first-order valence-corrected chi connectivity index (χ1v) is 10.3. The quantitative estimate of drug-likeness (QED) is 0.355. The number of rotatable bonds is 6. The van der Waals surface area contributed by atoms with E-state index in [9.17, 15) is 5.11 Å². The van der Waals surface area contributed by atoms with Crippen LogP contribution in [0.25, 0.3) is 0 Å². The molecule has 0 saturated carbocycles. The molecule has 1 aromatic rings. The number of phenols is 1. The first-order chi connectivity index (χ1) is 13.2. The van der Waals surface area contributed by atoms with Crippen LogP contribution in [-0.4, -0.2) is 67.2 Å². The number of ether oxygens (including phenoxy) is 1. The molecule has 3 rings (SSSR count). The SMILES string of the molecule is CCNC(=NCc1cccc(OC)c1O)N1CCC(CN2CCCCC2)C1.I. The number of likely N-dealkylation sites (tertiary alicyclic amines) is 2. The van der Waals surface area contributed by atoms with E-state index in [1.165, 1.54) is 45.3 Å². The second-order valence-corrected chi connectivity index (χ2v) is 7.60. The largest absolute Gasteiger partial charge is 0.504 e. The van der Waals surface area contributed by atoms with Crippen LogP contribution in [0.15, 0.2) is 23.2 Å². The van der Waals surface area contributed by atoms with Gasteiger partial charge in [-0.25, -0.2) is 4.99 Å². The first kappa shape index (κ1) is 23.1. The van der Waals surface area contributed by atoms with E-state index < -0.39 is 0 Å². The summed E-state index contributed by atoms with van der Waals surface area (Å²) in [6.07, 6.45) is 5.32. The number of piperidine rings is 1. The monoisotopic (exact) mass is 502 g/mol. The van der Waals surface area contributed by atoms with Gasteiger partial charge < -0.3 is 25.0 Å². The number of nitrogens with one attached hydrogen (secondary N) is 1. The number of hydrogen-bond acceptors (Lipinski definition) is 4. The van der Waals surface area contributed by atoms with Crippen molar-refractivity contribution in [2.75, 3.05) is 46.4 Å². The van der Waals surface area contributed by atoms with Crippen molar-refractivity contribution in [3.8, 4) is 11.5 Å². The second kappa shape index (κ2) is 11.7. The zero-order valence-electron chi connectivity index (χ0n) is 17.2. The Bertz CT molecular complexity index is 635. The Balaban J connectivity index is 0.00000280. The third kappa shape index (κ3) is 6.14. The zero-order chi connectivity index (χ0) is 19.1. The molecule has 2 saturated heterocycles. The van der Waals surface area contributed by atoms with Gasteiger partial charge in [0, 0.05) is 31.7 Å². The van der Waals surface area contributed by atoms with Crippen molar-refractivity contribution < 1.29 is 9.84 Å². The molecule has 2 fully saturated rings. The Morgan fingerprint density at radius 1 is 1.25 bits per heavy atom. The number of guanidine groups is 1. The van der Waals surface area contributed by atoms with Crippen molar-refractivity contribution in [1.82, 2.24) is 15.1 Å². The van der Waals surface area contributed by atoms with Crippen molar-refractivity contribution in [1.29, 1.82) is 0 Å². The highest BCUT2D eigenvalue weighted by Gasteiger charge is 2.27. The van der Waals surface area contributed by atoms with Crippen LogP contribution >= 0.6 is 24.0 Å². The molecule has 1 aromatic carbocycles. The molecule has 1 unspecified atom stereocenters. The number of nitrogens with zero attached hydrogens (tertiary/aromatic N) is 3. The summed E-state index contributed by atoms with van der Waals surface area (Å²) in [5.74, 6) is 2.34. The number of methoxy groups -OCH3 is 1. The van der Waals surface area contributed by atoms with Gasteiger partial charge in [-0.15, -0.1) is 24.0 Å². The summed E-state index contributed by atoms with van der Waals surface area (Å²) in [6, 6.07) is 5.55. The fraction of sp³-hybridized carbons (Fsp3) is 0.667. The molecule has 28 heavy (non-hydrogen) atoms. The summed E-state index contributed by atoms with van der Waals surface area (Å²) >= 11 is 0. The average Bonchev–Trinajstić information content (AvgIpc) is 3.15. The molecule has 0 radical (unpaired) electrons. The summed E-state index contributed by atoms with van der Waals surface area (Å²) < 4.78 is 5.20. The van der Waals surface area contributed by atoms with Crippen LogP contribution in [0.1, 0.15) is 38.2 Å². The first-order valence-electron chi connectivity index (χ1n) is 10.3. The second-order valence-electron chi connectivity index (χ2n) is 7.60. The number of aliphatic imine (C=N–C) groups is 1. The van der Waals surface area contributed by atoms with E-state index in [0.29, 0.717) is 12.3 Å². The van der Waals surface area contributed by atoms with E-state index in [1.807, 2.05) is 12.1 Å². The number of halogens is 1. The maximum absolute atomic E-state index is 10.3. The maximum Gasteiger partial charge on any atom is 0.194 e. The minimum Gasteiger partial charge on any atom is -0.504 e. The van der Waals surface area contributed by atoms with Gasteiger partial charge in [0.15, 0.2) is 17.5 Å². The van der Waals surface area contributed by atoms with E-state index in [4.69, 9.17) is 9.73 Å². The van der Waals surface area contributed by atoms with Gasteiger partial charge in [0.1, 0.15) is 0 Å². The molecule has 0 spiro atoms. The summed E-state index contributed by atoms with van der Waals surface area (Å²) in [7, 11) is 1.57. The van der Waals surface area contributed by atoms with E-state index in [-0.39, 0.29) is 29.7 Å². The smallest absolute Gasteiger partial charge is 0.194 e. The Kier molecular flexibility index (Phi) is 9.64. The van der Waals surface area contributed by atoms with Gasteiger partial charge in [-0.2, -0.15) is 0 Å². The number of para-hydroxylation sites is 1. The van der Waals surface area contributed by atoms with Crippen LogP contribution in [-0.2, 0) is 6.54 Å². The predicted molar refractivity (Wildman–Crippen MR) is 125 cm³/mol. The molecule has 158 valence electrons. The minimum atomic E-state index is 0. The lowest BCUT2D eigenvalue weighted by atomic mass is 10.1. The minimum absolute atomic E-state index is 0. The average molecular weight is 502 g/mol. The van der Waals surface area contributed by atoms with Crippen molar-refractivity contribution in [3.63, 3.8) is 0 Å². The number of phenolic OH excluding ortho intramolecular Hbond substituents is 1. The fourth-order valence-corrected chi connectivity index (χ4v) is 4.13. The van der Waals surface area contributed by atoms with E-state index in [2.05, 4.69) is 22.0 Å². The summed E-state index contributed by atoms with van der Waals surface area (Å²) in [5.41, 5.74) is 0.786. The van der Waals surface area contributed by atoms with Gasteiger partial charge in [-0.3, -0.25) is 0 Å². The number of aromatic hydroxyl groups is 1. The van der Waals surface area contributed by atoms with Crippen LogP contribution in [0.3, 0.4) is 0 Å². The van der Waals surface area contributed by atoms with Gasteiger partial charge in [0.25, 0.3) is 0 Å². The van der Waals surface area contributed by atoms with Crippen LogP contribution in [0.4, 0.5) is 0 Å². The molecule has 2 N–H and O–H groups in total. The van der Waals surface area contributed by atoms with E-state index in [0.717, 1.165) is 37.1 Å². The van der Waals surface area contributed by atoms with Crippen molar-refractivity contribution in [3.05, 3.63) is 23.8 Å². The van der Waals surface area contributed by atoms with E-state index in [1.54, 1.807) is 13.2 Å². The highest BCUT2D eigenvalue weighted by molar-refractivity contribution is 14.0. The van der Waals surface area contributed by atoms with Gasteiger partial charge in [-0.1, -0.05) is 18.6 Å². The van der Waals surface area contributed by atoms with Crippen LogP contribution in [0, 0.1) is 5.92 Å². The standard InChI is InChI=1S/C21H34N4O2.HI/c1-3-22-21(23-14-18-8-7-9-19(27-2)20(18)26)25-13-10-17(16-25)15-24-11-5-4-6-12-24;/h7-9,17,26H,3-6,10-16H2,1-2H3,(H,22,23);1H. The topological polar surface area (TPSA) is 60.3 Å². The van der Waals surface area contributed by atoms with E-state index >= 15 is 0 Å². The molecule has 0 aromatic heterocycles. The number of hydrogen-bond donors (Lipinski definition) is 2. The molecule has 0 amide bonds. The predicted octanol–water partition coefficient (Wildman–Crippen LogP) is 3.29. The lowest BCUT2D eigenvalue weighted by Crippen LogP contribution is -2.41. The molecule has 0 bridgehead atoms. The molecule has 0 aliphatic carbocycles. The summed E-state index contributed by atoms with van der Waals surface area (Å²) in [5, 5.41) is 13.7. The lowest BCUT2D eigenvalue weighted by Gasteiger charge is -2.29. The van der Waals surface area contributed by atoms with Gasteiger partial charge in [0.05, 0.1) is 13.7 Å². The zero-order valence-corrected chi connectivity index (χ0v) is 19.5. The molecular weight excluding hydrogens is 467 g/mol. The number of benzene rings is 1. The third-order valence-electron chi connectivity index (χ3n) is 5.59. The summed E-state index contributed by atoms with van der Waals surface area (Å²) in [6.45, 7) is 9.24. The fourth-order valence-electron chi connectivity index (χ4n) is 4.13. The highest BCUT2D eigenvalue weighted by Crippen LogP contribution is 2.30. The Labute approximate surface area is 186 Å². The Morgan fingerprint density at radius 2 is 2.04 bits per heavy atom. The molecular formula is C21H35IN4O2. The van der Waals surface area contributed by atoms with Crippen LogP contribution in [0.2, 0.25) is 0 Å². The van der Waals surface area contributed by atoms with Crippen molar-refractivity contribution in [2.45, 2.75) is 39.2 Å². The lowest BCUT2D eigenvalue weighted by molar-refractivity contribution is 0.198. The van der Waals surface area contributed by atoms with Crippen LogP contribution in [0.5, 0.6) is 11.5 Å². The summed E-state index contributed by atoms with van der Waals surface area (Å²) in [4.78, 5) is 9.79. The molecule has 2 aliphatic rings. The molecule has 2 heterocycles.